The van der Waals surface area contributed by atoms with E-state index in [1.54, 1.807) is 10.7 Å². The van der Waals surface area contributed by atoms with Crippen LogP contribution in [0.3, 0.4) is 0 Å². The van der Waals surface area contributed by atoms with Crippen LogP contribution < -0.4 is 10.5 Å². The molecule has 7 nitrogen and oxygen atoms in total. The highest BCUT2D eigenvalue weighted by Gasteiger charge is 2.11. The molecule has 136 valence electrons. The first-order chi connectivity index (χ1) is 13.8. The maximum absolute atomic E-state index is 6.01. The molecule has 3 heterocycles. The maximum atomic E-state index is 6.01. The van der Waals surface area contributed by atoms with Crippen LogP contribution in [0.25, 0.3) is 27.8 Å². The summed E-state index contributed by atoms with van der Waals surface area (Å²) in [5.41, 5.74) is 9.84. The van der Waals surface area contributed by atoms with E-state index in [2.05, 4.69) is 20.3 Å². The molecule has 0 amide bonds. The summed E-state index contributed by atoms with van der Waals surface area (Å²) in [5, 5.41) is 14.0. The van der Waals surface area contributed by atoms with Crippen LogP contribution in [0.15, 0.2) is 72.9 Å². The monoisotopic (exact) mass is 368 g/mol. The van der Waals surface area contributed by atoms with Crippen molar-refractivity contribution in [1.29, 1.82) is 0 Å². The van der Waals surface area contributed by atoms with Gasteiger partial charge in [0.05, 0.1) is 11.2 Å². The fraction of sp³-hybridized carbons (Fsp3) is 0.0476. The van der Waals surface area contributed by atoms with E-state index in [1.165, 1.54) is 0 Å². The molecule has 0 unspecified atom stereocenters. The normalized spacial score (nSPS) is 11.1. The molecular weight excluding hydrogens is 352 g/mol. The van der Waals surface area contributed by atoms with Gasteiger partial charge in [0.1, 0.15) is 12.4 Å². The van der Waals surface area contributed by atoms with Gasteiger partial charge in [-0.2, -0.15) is 9.61 Å². The van der Waals surface area contributed by atoms with Gasteiger partial charge < -0.3 is 10.5 Å². The van der Waals surface area contributed by atoms with Crippen molar-refractivity contribution in [2.24, 2.45) is 0 Å². The van der Waals surface area contributed by atoms with E-state index in [-0.39, 0.29) is 6.61 Å². The van der Waals surface area contributed by atoms with E-state index >= 15 is 0 Å². The smallest absolute Gasteiger partial charge is 0.192 e. The Morgan fingerprint density at radius 3 is 2.71 bits per heavy atom. The zero-order valence-electron chi connectivity index (χ0n) is 14.9. The van der Waals surface area contributed by atoms with Gasteiger partial charge in [-0.15, -0.1) is 10.2 Å². The molecule has 0 atom stereocenters. The third-order valence-electron chi connectivity index (χ3n) is 4.48. The van der Waals surface area contributed by atoms with Gasteiger partial charge in [-0.1, -0.05) is 30.3 Å². The van der Waals surface area contributed by atoms with E-state index in [4.69, 9.17) is 10.5 Å². The second kappa shape index (κ2) is 6.62. The van der Waals surface area contributed by atoms with Crippen molar-refractivity contribution in [1.82, 2.24) is 24.8 Å². The molecule has 3 aromatic heterocycles. The van der Waals surface area contributed by atoms with Gasteiger partial charge in [0.15, 0.2) is 11.5 Å². The van der Waals surface area contributed by atoms with E-state index in [9.17, 15) is 0 Å². The number of ether oxygens (including phenoxy) is 1. The lowest BCUT2D eigenvalue weighted by Crippen LogP contribution is -2.05. The molecule has 7 heteroatoms. The third-order valence-corrected chi connectivity index (χ3v) is 4.48. The molecule has 0 aliphatic rings. The van der Waals surface area contributed by atoms with Crippen molar-refractivity contribution in [3.05, 3.63) is 78.8 Å². The van der Waals surface area contributed by atoms with Crippen LogP contribution in [-0.4, -0.2) is 24.8 Å². The van der Waals surface area contributed by atoms with Crippen LogP contribution in [0.2, 0.25) is 0 Å². The van der Waals surface area contributed by atoms with E-state index in [1.807, 2.05) is 66.7 Å². The molecule has 0 aliphatic heterocycles. The van der Waals surface area contributed by atoms with Crippen LogP contribution in [0.4, 0.5) is 5.69 Å². The first-order valence-electron chi connectivity index (χ1n) is 8.82. The fourth-order valence-corrected chi connectivity index (χ4v) is 3.09. The summed E-state index contributed by atoms with van der Waals surface area (Å²) < 4.78 is 7.73. The Bertz CT molecular complexity index is 1280. The van der Waals surface area contributed by atoms with E-state index in [0.29, 0.717) is 22.9 Å². The Hall–Kier alpha value is -4.00. The zero-order chi connectivity index (χ0) is 18.9. The number of pyridine rings is 1. The molecule has 5 aromatic rings. The predicted molar refractivity (Wildman–Crippen MR) is 107 cm³/mol. The van der Waals surface area contributed by atoms with Gasteiger partial charge in [0.2, 0.25) is 0 Å². The summed E-state index contributed by atoms with van der Waals surface area (Å²) in [6, 6.07) is 21.2. The third kappa shape index (κ3) is 2.88. The highest BCUT2D eigenvalue weighted by atomic mass is 16.5. The molecule has 2 N–H and O–H groups in total. The molecular formula is C21H16N6O. The number of nitrogens with zero attached hydrogens (tertiary/aromatic N) is 5. The number of rotatable bonds is 4. The number of hydrogen-bond acceptors (Lipinski definition) is 6. The average molecular weight is 368 g/mol. The standard InChI is InChI=1S/C21H16N6O/c22-15-6-7-16-18(12-15)23-11-10-19(16)28-13-21-25-24-20-9-8-17(26-27(20)21)14-4-2-1-3-5-14/h1-12H,13,22H2. The van der Waals surface area contributed by atoms with Crippen LogP contribution >= 0.6 is 0 Å². The van der Waals surface area contributed by atoms with Gasteiger partial charge >= 0.3 is 0 Å². The highest BCUT2D eigenvalue weighted by Crippen LogP contribution is 2.26. The van der Waals surface area contributed by atoms with Crippen LogP contribution in [0.1, 0.15) is 5.82 Å². The number of nitrogens with two attached hydrogens (primary N) is 1. The molecule has 28 heavy (non-hydrogen) atoms. The lowest BCUT2D eigenvalue weighted by atomic mass is 10.1. The van der Waals surface area contributed by atoms with Crippen LogP contribution in [0.5, 0.6) is 5.75 Å². The highest BCUT2D eigenvalue weighted by molar-refractivity contribution is 5.87. The summed E-state index contributed by atoms with van der Waals surface area (Å²) in [6.07, 6.45) is 1.70. The fourth-order valence-electron chi connectivity index (χ4n) is 3.09. The van der Waals surface area contributed by atoms with Crippen LogP contribution in [-0.2, 0) is 6.61 Å². The summed E-state index contributed by atoms with van der Waals surface area (Å²) >= 11 is 0. The molecule has 0 bridgehead atoms. The summed E-state index contributed by atoms with van der Waals surface area (Å²) in [6.45, 7) is 0.232. The van der Waals surface area contributed by atoms with Crippen LogP contribution in [0, 0.1) is 0 Å². The number of hydrogen-bond donors (Lipinski definition) is 1. The second-order valence-corrected chi connectivity index (χ2v) is 6.35. The Labute approximate surface area is 160 Å². The number of anilines is 1. The molecule has 0 aliphatic carbocycles. The van der Waals surface area contributed by atoms with Gasteiger partial charge in [-0.05, 0) is 36.4 Å². The minimum atomic E-state index is 0.232. The molecule has 0 radical (unpaired) electrons. The molecule has 0 saturated heterocycles. The lowest BCUT2D eigenvalue weighted by Gasteiger charge is -2.08. The minimum Gasteiger partial charge on any atom is -0.485 e. The minimum absolute atomic E-state index is 0.232. The largest absolute Gasteiger partial charge is 0.485 e. The Morgan fingerprint density at radius 1 is 0.929 bits per heavy atom. The Balaban J connectivity index is 1.47. The van der Waals surface area contributed by atoms with E-state index < -0.39 is 0 Å². The number of fused-ring (bicyclic) bond motifs is 2. The molecule has 0 spiro atoms. The Kier molecular flexibility index (Phi) is 3.83. The topological polar surface area (TPSA) is 91.2 Å². The van der Waals surface area contributed by atoms with Crippen molar-refractivity contribution >= 4 is 22.2 Å². The van der Waals surface area contributed by atoms with Crippen molar-refractivity contribution in [3.63, 3.8) is 0 Å². The van der Waals surface area contributed by atoms with Crippen molar-refractivity contribution in [2.45, 2.75) is 6.61 Å². The Morgan fingerprint density at radius 2 is 1.82 bits per heavy atom. The first kappa shape index (κ1) is 16.2. The zero-order valence-corrected chi connectivity index (χ0v) is 14.9. The van der Waals surface area contributed by atoms with Gasteiger partial charge in [-0.3, -0.25) is 4.98 Å². The predicted octanol–water partition coefficient (Wildman–Crippen LogP) is 3.50. The summed E-state index contributed by atoms with van der Waals surface area (Å²) in [7, 11) is 0. The molecule has 2 aromatic carbocycles. The summed E-state index contributed by atoms with van der Waals surface area (Å²) in [4.78, 5) is 4.34. The quantitative estimate of drug-likeness (QED) is 0.488. The van der Waals surface area contributed by atoms with Crippen molar-refractivity contribution in [3.8, 4) is 17.0 Å². The average Bonchev–Trinajstić information content (AvgIpc) is 3.15. The molecule has 5 rings (SSSR count). The molecule has 0 saturated carbocycles. The van der Waals surface area contributed by atoms with Gasteiger partial charge in [0, 0.05) is 22.8 Å². The van der Waals surface area contributed by atoms with Gasteiger partial charge in [0.25, 0.3) is 0 Å². The SMILES string of the molecule is Nc1ccc2c(OCc3nnc4ccc(-c5ccccc5)nn34)ccnc2c1. The second-order valence-electron chi connectivity index (χ2n) is 6.35. The van der Waals surface area contributed by atoms with Gasteiger partial charge in [-0.25, -0.2) is 0 Å². The first-order valence-corrected chi connectivity index (χ1v) is 8.82. The molecule has 0 fully saturated rings. The lowest BCUT2D eigenvalue weighted by molar-refractivity contribution is 0.296. The maximum Gasteiger partial charge on any atom is 0.192 e. The van der Waals surface area contributed by atoms with E-state index in [0.717, 1.165) is 22.2 Å². The van der Waals surface area contributed by atoms with Crippen molar-refractivity contribution < 1.29 is 4.74 Å². The number of aromatic nitrogens is 5. The number of nitrogen functional groups attached to an aromatic ring is 1. The summed E-state index contributed by atoms with van der Waals surface area (Å²) in [5.74, 6) is 1.33. The number of benzene rings is 2. The van der Waals surface area contributed by atoms with Crippen molar-refractivity contribution in [2.75, 3.05) is 5.73 Å².